The Morgan fingerprint density at radius 1 is 1.11 bits per heavy atom. The van der Waals surface area contributed by atoms with E-state index in [4.69, 9.17) is 9.47 Å². The van der Waals surface area contributed by atoms with Crippen LogP contribution in [0.25, 0.3) is 11.4 Å². The van der Waals surface area contributed by atoms with Gasteiger partial charge in [-0.15, -0.1) is 10.2 Å². The van der Waals surface area contributed by atoms with Gasteiger partial charge < -0.3 is 14.0 Å². The van der Waals surface area contributed by atoms with Crippen molar-refractivity contribution in [2.24, 2.45) is 7.05 Å². The van der Waals surface area contributed by atoms with Crippen LogP contribution in [-0.2, 0) is 7.05 Å². The van der Waals surface area contributed by atoms with Crippen LogP contribution in [0, 0.1) is 6.92 Å². The number of ether oxygens (including phenoxy) is 2. The first kappa shape index (κ1) is 19.0. The SMILES string of the molecule is COc1cc(C=O)ccc1OCCSc1nnc(-c2ccc(C)cc2)n1C. The van der Waals surface area contributed by atoms with Crippen molar-refractivity contribution in [2.45, 2.75) is 12.1 Å². The highest BCUT2D eigenvalue weighted by atomic mass is 32.2. The average molecular weight is 383 g/mol. The molecule has 1 aromatic heterocycles. The lowest BCUT2D eigenvalue weighted by Crippen LogP contribution is -2.03. The second-order valence-corrected chi connectivity index (χ2v) is 7.02. The number of nitrogens with zero attached hydrogens (tertiary/aromatic N) is 3. The van der Waals surface area contributed by atoms with E-state index in [0.717, 1.165) is 22.8 Å². The van der Waals surface area contributed by atoms with Crippen LogP contribution in [0.1, 0.15) is 15.9 Å². The normalized spacial score (nSPS) is 10.6. The lowest BCUT2D eigenvalue weighted by Gasteiger charge is -2.10. The Kier molecular flexibility index (Phi) is 6.13. The average Bonchev–Trinajstić information content (AvgIpc) is 3.06. The molecule has 0 saturated carbocycles. The number of hydrogen-bond donors (Lipinski definition) is 0. The summed E-state index contributed by atoms with van der Waals surface area (Å²) < 4.78 is 13.0. The van der Waals surface area contributed by atoms with Crippen LogP contribution in [0.15, 0.2) is 47.6 Å². The van der Waals surface area contributed by atoms with Crippen molar-refractivity contribution in [2.75, 3.05) is 19.5 Å². The largest absolute Gasteiger partial charge is 0.493 e. The number of benzene rings is 2. The van der Waals surface area contributed by atoms with E-state index in [2.05, 4.69) is 29.3 Å². The first-order valence-electron chi connectivity index (χ1n) is 8.47. The maximum Gasteiger partial charge on any atom is 0.191 e. The van der Waals surface area contributed by atoms with Crippen LogP contribution in [0.3, 0.4) is 0 Å². The zero-order valence-electron chi connectivity index (χ0n) is 15.5. The molecule has 0 N–H and O–H groups in total. The standard InChI is InChI=1S/C20H21N3O3S/c1-14-4-7-16(8-5-14)19-21-22-20(23(19)2)27-11-10-26-17-9-6-15(13-24)12-18(17)25-3/h4-9,12-13H,10-11H2,1-3H3. The predicted molar refractivity (Wildman–Crippen MR) is 106 cm³/mol. The fraction of sp³-hybridized carbons (Fsp3) is 0.250. The molecule has 0 saturated heterocycles. The summed E-state index contributed by atoms with van der Waals surface area (Å²) in [6, 6.07) is 13.3. The molecule has 0 bridgehead atoms. The van der Waals surface area contributed by atoms with Crippen molar-refractivity contribution in [3.8, 4) is 22.9 Å². The van der Waals surface area contributed by atoms with Crippen LogP contribution in [0.2, 0.25) is 0 Å². The zero-order valence-corrected chi connectivity index (χ0v) is 16.3. The van der Waals surface area contributed by atoms with E-state index in [1.54, 1.807) is 37.1 Å². The monoisotopic (exact) mass is 383 g/mol. The van der Waals surface area contributed by atoms with Crippen molar-refractivity contribution < 1.29 is 14.3 Å². The quantitative estimate of drug-likeness (QED) is 0.335. The van der Waals surface area contributed by atoms with Gasteiger partial charge in [0.25, 0.3) is 0 Å². The Balaban J connectivity index is 1.58. The number of thioether (sulfide) groups is 1. The highest BCUT2D eigenvalue weighted by Gasteiger charge is 2.11. The molecule has 0 aliphatic carbocycles. The third-order valence-corrected chi connectivity index (χ3v) is 5.02. The third kappa shape index (κ3) is 4.49. The smallest absolute Gasteiger partial charge is 0.191 e. The first-order chi connectivity index (χ1) is 13.1. The highest BCUT2D eigenvalue weighted by Crippen LogP contribution is 2.28. The van der Waals surface area contributed by atoms with E-state index in [1.165, 1.54) is 5.56 Å². The minimum atomic E-state index is 0.480. The molecule has 0 spiro atoms. The minimum absolute atomic E-state index is 0.480. The maximum atomic E-state index is 10.8. The van der Waals surface area contributed by atoms with Gasteiger partial charge in [-0.2, -0.15) is 0 Å². The third-order valence-electron chi connectivity index (χ3n) is 4.04. The van der Waals surface area contributed by atoms with Crippen LogP contribution >= 0.6 is 11.8 Å². The van der Waals surface area contributed by atoms with E-state index < -0.39 is 0 Å². The van der Waals surface area contributed by atoms with E-state index in [9.17, 15) is 4.79 Å². The number of rotatable bonds is 8. The molecule has 6 nitrogen and oxygen atoms in total. The number of carbonyl (C=O) groups excluding carboxylic acids is 1. The molecular formula is C20H21N3O3S. The number of carbonyl (C=O) groups is 1. The number of methoxy groups -OCH3 is 1. The molecule has 0 aliphatic rings. The fourth-order valence-corrected chi connectivity index (χ4v) is 3.28. The van der Waals surface area contributed by atoms with E-state index in [1.807, 2.05) is 23.7 Å². The van der Waals surface area contributed by atoms with Gasteiger partial charge in [0, 0.05) is 23.9 Å². The molecule has 1 heterocycles. The highest BCUT2D eigenvalue weighted by molar-refractivity contribution is 7.99. The summed E-state index contributed by atoms with van der Waals surface area (Å²) in [5, 5.41) is 9.40. The van der Waals surface area contributed by atoms with Crippen LogP contribution in [-0.4, -0.2) is 40.5 Å². The molecule has 0 unspecified atom stereocenters. The Hall–Kier alpha value is -2.80. The second kappa shape index (κ2) is 8.73. The molecule has 0 aliphatic heterocycles. The van der Waals surface area contributed by atoms with Crippen molar-refractivity contribution in [1.82, 2.24) is 14.8 Å². The molecule has 0 fully saturated rings. The topological polar surface area (TPSA) is 66.2 Å². The first-order valence-corrected chi connectivity index (χ1v) is 9.46. The van der Waals surface area contributed by atoms with Crippen LogP contribution < -0.4 is 9.47 Å². The summed E-state index contributed by atoms with van der Waals surface area (Å²) in [6.07, 6.45) is 0.780. The number of hydrogen-bond acceptors (Lipinski definition) is 6. The number of aryl methyl sites for hydroxylation is 1. The van der Waals surface area contributed by atoms with Gasteiger partial charge in [-0.05, 0) is 25.1 Å². The van der Waals surface area contributed by atoms with Crippen molar-refractivity contribution in [3.05, 3.63) is 53.6 Å². The second-order valence-electron chi connectivity index (χ2n) is 5.96. The number of aromatic nitrogens is 3. The van der Waals surface area contributed by atoms with Gasteiger partial charge in [-0.3, -0.25) is 4.79 Å². The summed E-state index contributed by atoms with van der Waals surface area (Å²) >= 11 is 1.57. The van der Waals surface area contributed by atoms with Gasteiger partial charge in [-0.25, -0.2) is 0 Å². The summed E-state index contributed by atoms with van der Waals surface area (Å²) in [5.41, 5.74) is 2.80. The predicted octanol–water partition coefficient (Wildman–Crippen LogP) is 3.78. The lowest BCUT2D eigenvalue weighted by atomic mass is 10.1. The molecule has 140 valence electrons. The van der Waals surface area contributed by atoms with Crippen molar-refractivity contribution in [1.29, 1.82) is 0 Å². The molecule has 27 heavy (non-hydrogen) atoms. The molecule has 0 amide bonds. The minimum Gasteiger partial charge on any atom is -0.493 e. The summed E-state index contributed by atoms with van der Waals surface area (Å²) in [5.74, 6) is 2.70. The Morgan fingerprint density at radius 3 is 2.59 bits per heavy atom. The molecule has 7 heteroatoms. The zero-order chi connectivity index (χ0) is 19.2. The molecule has 0 radical (unpaired) electrons. The van der Waals surface area contributed by atoms with Gasteiger partial charge in [0.05, 0.1) is 13.7 Å². The van der Waals surface area contributed by atoms with Gasteiger partial charge >= 0.3 is 0 Å². The summed E-state index contributed by atoms with van der Waals surface area (Å²) in [4.78, 5) is 10.8. The van der Waals surface area contributed by atoms with E-state index in [-0.39, 0.29) is 0 Å². The van der Waals surface area contributed by atoms with Gasteiger partial charge in [0.15, 0.2) is 22.5 Å². The number of aldehydes is 1. The van der Waals surface area contributed by atoms with Crippen LogP contribution in [0.4, 0.5) is 0 Å². The van der Waals surface area contributed by atoms with Crippen molar-refractivity contribution in [3.63, 3.8) is 0 Å². The Labute approximate surface area is 162 Å². The van der Waals surface area contributed by atoms with Gasteiger partial charge in [-0.1, -0.05) is 41.6 Å². The summed E-state index contributed by atoms with van der Waals surface area (Å²) in [7, 11) is 3.51. The van der Waals surface area contributed by atoms with Crippen LogP contribution in [0.5, 0.6) is 11.5 Å². The van der Waals surface area contributed by atoms with Crippen molar-refractivity contribution >= 4 is 18.0 Å². The Morgan fingerprint density at radius 2 is 1.89 bits per heavy atom. The maximum absolute atomic E-state index is 10.8. The molecule has 3 aromatic rings. The van der Waals surface area contributed by atoms with Gasteiger partial charge in [0.1, 0.15) is 6.29 Å². The van der Waals surface area contributed by atoms with E-state index in [0.29, 0.717) is 29.4 Å². The molecular weight excluding hydrogens is 362 g/mol. The summed E-state index contributed by atoms with van der Waals surface area (Å²) in [6.45, 7) is 2.54. The lowest BCUT2D eigenvalue weighted by molar-refractivity contribution is 0.112. The fourth-order valence-electron chi connectivity index (χ4n) is 2.56. The molecule has 0 atom stereocenters. The molecule has 3 rings (SSSR count). The Bertz CT molecular complexity index is 923. The molecule has 2 aromatic carbocycles. The van der Waals surface area contributed by atoms with E-state index >= 15 is 0 Å². The van der Waals surface area contributed by atoms with Gasteiger partial charge in [0.2, 0.25) is 0 Å².